The molecule has 0 bridgehead atoms. The van der Waals surface area contributed by atoms with Gasteiger partial charge in [-0.3, -0.25) is 9.59 Å². The monoisotopic (exact) mass is 600 g/mol. The third kappa shape index (κ3) is 35.7. The van der Waals surface area contributed by atoms with Crippen molar-refractivity contribution in [1.82, 2.24) is 0 Å². The molecule has 0 aliphatic carbocycles. The number of rotatable bonds is 34. The predicted octanol–water partition coefficient (Wildman–Crippen LogP) is 7.39. The maximum Gasteiger partial charge on any atom is 0.138 e. The number of carbonyl (C=O) groups is 2. The van der Waals surface area contributed by atoms with E-state index in [2.05, 4.69) is 20.9 Å². The summed E-state index contributed by atoms with van der Waals surface area (Å²) in [7, 11) is 2.14. The van der Waals surface area contributed by atoms with Gasteiger partial charge in [-0.05, 0) is 12.8 Å². The average molecular weight is 600 g/mol. The van der Waals surface area contributed by atoms with E-state index >= 15 is 0 Å². The van der Waals surface area contributed by atoms with Gasteiger partial charge < -0.3 is 17.3 Å². The van der Waals surface area contributed by atoms with Crippen molar-refractivity contribution in [1.29, 1.82) is 0 Å². The molecule has 0 rings (SSSR count). The number of hydrogen-bond acceptors (Lipinski definition) is 2. The lowest BCUT2D eigenvalue weighted by atomic mass is 10.0. The van der Waals surface area contributed by atoms with Gasteiger partial charge in [-0.2, -0.15) is 0 Å². The van der Waals surface area contributed by atoms with Crippen LogP contribution in [0.2, 0.25) is 0 Å². The van der Waals surface area contributed by atoms with Gasteiger partial charge in [0.25, 0.3) is 0 Å². The molecule has 0 saturated heterocycles. The van der Waals surface area contributed by atoms with E-state index in [0.29, 0.717) is 24.4 Å². The number of quaternary nitrogens is 1. The third-order valence-electron chi connectivity index (χ3n) is 8.78. The van der Waals surface area contributed by atoms with E-state index in [1.807, 2.05) is 0 Å². The molecule has 0 aliphatic heterocycles. The maximum atomic E-state index is 12.3. The first-order chi connectivity index (χ1) is 19.6. The van der Waals surface area contributed by atoms with Crippen LogP contribution in [0.4, 0.5) is 0 Å². The second-order valence-electron chi connectivity index (χ2n) is 13.0. The van der Waals surface area contributed by atoms with Crippen LogP contribution >= 0.6 is 0 Å². The fourth-order valence-electron chi connectivity index (χ4n) is 5.76. The summed E-state index contributed by atoms with van der Waals surface area (Å²) in [5, 5.41) is 0. The lowest BCUT2D eigenvalue weighted by Gasteiger charge is -2.13. The zero-order chi connectivity index (χ0) is 29.4. The number of nitrogens with one attached hydrogen (secondary N) is 1. The van der Waals surface area contributed by atoms with Crippen molar-refractivity contribution in [3.05, 3.63) is 0 Å². The molecule has 0 unspecified atom stereocenters. The van der Waals surface area contributed by atoms with Crippen molar-refractivity contribution in [3.63, 3.8) is 0 Å². The summed E-state index contributed by atoms with van der Waals surface area (Å²) in [5.41, 5.74) is 0. The number of ketones is 2. The molecule has 0 fully saturated rings. The van der Waals surface area contributed by atoms with Crippen LogP contribution in [0.15, 0.2) is 0 Å². The number of unbranched alkanes of at least 4 members (excludes halogenated alkanes) is 24. The molecular weight excluding hydrogens is 526 g/mol. The average Bonchev–Trinajstić information content (AvgIpc) is 2.95. The number of carbonyl (C=O) groups excluding carboxylic acids is 2. The second kappa shape index (κ2) is 35.8. The number of hydrogen-bond donors (Lipinski definition) is 1. The Balaban J connectivity index is 0. The van der Waals surface area contributed by atoms with Gasteiger partial charge in [0.15, 0.2) is 0 Å². The fourth-order valence-corrected chi connectivity index (χ4v) is 5.76. The molecule has 0 radical (unpaired) electrons. The fraction of sp³-hybridized carbons (Fsp3) is 0.946. The number of halogens is 1. The first-order valence-electron chi connectivity index (χ1n) is 18.4. The molecule has 0 aromatic heterocycles. The Morgan fingerprint density at radius 3 is 0.829 bits per heavy atom. The van der Waals surface area contributed by atoms with E-state index in [1.165, 1.54) is 159 Å². The van der Waals surface area contributed by atoms with E-state index in [4.69, 9.17) is 0 Å². The highest BCUT2D eigenvalue weighted by atomic mass is 35.5. The topological polar surface area (TPSA) is 38.6 Å². The highest BCUT2D eigenvalue weighted by Crippen LogP contribution is 2.14. The van der Waals surface area contributed by atoms with Crippen LogP contribution in [0.1, 0.15) is 206 Å². The third-order valence-corrected chi connectivity index (χ3v) is 8.78. The molecule has 0 amide bonds. The quantitative estimate of drug-likeness (QED) is 0.0783. The predicted molar refractivity (Wildman–Crippen MR) is 176 cm³/mol. The Morgan fingerprint density at radius 1 is 0.366 bits per heavy atom. The molecule has 3 nitrogen and oxygen atoms in total. The first kappa shape index (κ1) is 42.7. The van der Waals surface area contributed by atoms with Crippen LogP contribution in [0.5, 0.6) is 0 Å². The summed E-state index contributed by atoms with van der Waals surface area (Å²) in [5.74, 6) is 0.835. The minimum atomic E-state index is 0. The van der Waals surface area contributed by atoms with E-state index in [0.717, 1.165) is 38.8 Å². The van der Waals surface area contributed by atoms with Crippen LogP contribution in [-0.4, -0.2) is 31.7 Å². The Labute approximate surface area is 264 Å². The van der Waals surface area contributed by atoms with Gasteiger partial charge in [-0.1, -0.05) is 168 Å². The maximum absolute atomic E-state index is 12.3. The van der Waals surface area contributed by atoms with Crippen molar-refractivity contribution in [2.45, 2.75) is 206 Å². The van der Waals surface area contributed by atoms with Crippen LogP contribution in [-0.2, 0) is 9.59 Å². The highest BCUT2D eigenvalue weighted by molar-refractivity contribution is 5.78. The SMILES string of the molecule is CCCCCCCCCCCCCCCC(=O)CC[NH+](C)CCC(=O)CCCCCCCCCCCCCCC.[Cl-]. The summed E-state index contributed by atoms with van der Waals surface area (Å²) in [6.07, 6.45) is 37.9. The molecule has 41 heavy (non-hydrogen) atoms. The molecule has 0 atom stereocenters. The second-order valence-corrected chi connectivity index (χ2v) is 13.0. The molecule has 0 aromatic rings. The smallest absolute Gasteiger partial charge is 0.138 e. The Kier molecular flexibility index (Phi) is 37.3. The Hall–Kier alpha value is -0.410. The van der Waals surface area contributed by atoms with Gasteiger partial charge in [-0.15, -0.1) is 0 Å². The normalized spacial score (nSPS) is 11.2. The summed E-state index contributed by atoms with van der Waals surface area (Å²) in [4.78, 5) is 25.8. The van der Waals surface area contributed by atoms with Crippen LogP contribution in [0, 0.1) is 0 Å². The van der Waals surface area contributed by atoms with E-state index in [-0.39, 0.29) is 12.4 Å². The van der Waals surface area contributed by atoms with Gasteiger partial charge in [0, 0.05) is 12.8 Å². The Morgan fingerprint density at radius 2 is 0.585 bits per heavy atom. The van der Waals surface area contributed by atoms with Gasteiger partial charge in [-0.25, -0.2) is 0 Å². The molecule has 246 valence electrons. The minimum absolute atomic E-state index is 0. The zero-order valence-electron chi connectivity index (χ0n) is 28.3. The lowest BCUT2D eigenvalue weighted by Crippen LogP contribution is -3.09. The first-order valence-corrected chi connectivity index (χ1v) is 18.4. The van der Waals surface area contributed by atoms with Crippen LogP contribution < -0.4 is 17.3 Å². The largest absolute Gasteiger partial charge is 1.00 e. The summed E-state index contributed by atoms with van der Waals surface area (Å²) < 4.78 is 0. The van der Waals surface area contributed by atoms with Gasteiger partial charge in [0.1, 0.15) is 11.6 Å². The van der Waals surface area contributed by atoms with Crippen LogP contribution in [0.25, 0.3) is 0 Å². The van der Waals surface area contributed by atoms with E-state index in [1.54, 1.807) is 0 Å². The minimum Gasteiger partial charge on any atom is -1.00 e. The summed E-state index contributed by atoms with van der Waals surface area (Å²) in [6.45, 7) is 6.32. The molecule has 4 heteroatoms. The van der Waals surface area contributed by atoms with Crippen molar-refractivity contribution >= 4 is 11.6 Å². The van der Waals surface area contributed by atoms with Gasteiger partial charge >= 0.3 is 0 Å². The van der Waals surface area contributed by atoms with Crippen molar-refractivity contribution < 1.29 is 26.9 Å². The molecule has 0 aromatic carbocycles. The van der Waals surface area contributed by atoms with E-state index in [9.17, 15) is 9.59 Å². The highest BCUT2D eigenvalue weighted by Gasteiger charge is 2.10. The molecule has 0 aliphatic rings. The van der Waals surface area contributed by atoms with E-state index < -0.39 is 0 Å². The molecular formula is C37H74ClNO2. The standard InChI is InChI=1S/C37H73NO2.ClH/c1-4-6-8-10-12-14-16-18-20-22-24-26-28-30-36(39)32-34-38(3)35-33-37(40)31-29-27-25-23-21-19-17-15-13-11-9-7-5-2;/h4-35H2,1-3H3;1H. The zero-order valence-corrected chi connectivity index (χ0v) is 29.1. The molecule has 1 N–H and O–H groups in total. The number of Topliss-reactive ketones (excluding diaryl/α,β-unsaturated/α-hetero) is 2. The van der Waals surface area contributed by atoms with Gasteiger partial charge in [0.05, 0.1) is 33.0 Å². The Bertz CT molecular complexity index is 493. The van der Waals surface area contributed by atoms with Crippen molar-refractivity contribution in [2.24, 2.45) is 0 Å². The molecule has 0 saturated carbocycles. The van der Waals surface area contributed by atoms with Crippen LogP contribution in [0.3, 0.4) is 0 Å². The molecule has 0 spiro atoms. The van der Waals surface area contributed by atoms with Gasteiger partial charge in [0.2, 0.25) is 0 Å². The van der Waals surface area contributed by atoms with Crippen molar-refractivity contribution in [3.8, 4) is 0 Å². The van der Waals surface area contributed by atoms with Crippen molar-refractivity contribution in [2.75, 3.05) is 20.1 Å². The lowest BCUT2D eigenvalue weighted by molar-refractivity contribution is -0.878. The summed E-state index contributed by atoms with van der Waals surface area (Å²) in [6, 6.07) is 0. The molecule has 0 heterocycles. The summed E-state index contributed by atoms with van der Waals surface area (Å²) >= 11 is 0.